The molecule has 0 aliphatic heterocycles. The standard InChI is InChI=1S/C15H15BrOS/c1-9-7-13(18-15(9)16)14(17)12-6-5-10-3-2-4-11(10)8-12/h5-8,14,17H,2-4H2,1H3. The van der Waals surface area contributed by atoms with Gasteiger partial charge in [0.15, 0.2) is 0 Å². The quantitative estimate of drug-likeness (QED) is 0.869. The number of benzene rings is 1. The lowest BCUT2D eigenvalue weighted by molar-refractivity contribution is 0.224. The summed E-state index contributed by atoms with van der Waals surface area (Å²) in [7, 11) is 0. The van der Waals surface area contributed by atoms with Crippen LogP contribution in [0, 0.1) is 6.92 Å². The van der Waals surface area contributed by atoms with Gasteiger partial charge >= 0.3 is 0 Å². The first-order valence-electron chi connectivity index (χ1n) is 6.21. The third-order valence-electron chi connectivity index (χ3n) is 3.58. The average molecular weight is 323 g/mol. The maximum absolute atomic E-state index is 10.5. The third-order valence-corrected chi connectivity index (χ3v) is 5.77. The predicted octanol–water partition coefficient (Wildman–Crippen LogP) is 4.39. The van der Waals surface area contributed by atoms with E-state index in [0.29, 0.717) is 0 Å². The van der Waals surface area contributed by atoms with E-state index in [-0.39, 0.29) is 0 Å². The van der Waals surface area contributed by atoms with Crippen molar-refractivity contribution < 1.29 is 5.11 Å². The molecule has 0 fully saturated rings. The van der Waals surface area contributed by atoms with E-state index in [1.165, 1.54) is 29.5 Å². The Hall–Kier alpha value is -0.640. The van der Waals surface area contributed by atoms with Crippen LogP contribution in [0.1, 0.15) is 39.7 Å². The van der Waals surface area contributed by atoms with Crippen LogP contribution in [0.25, 0.3) is 0 Å². The van der Waals surface area contributed by atoms with Crippen molar-refractivity contribution in [1.29, 1.82) is 0 Å². The van der Waals surface area contributed by atoms with Crippen LogP contribution in [-0.2, 0) is 12.8 Å². The van der Waals surface area contributed by atoms with Gasteiger partial charge in [-0.25, -0.2) is 0 Å². The minimum Gasteiger partial charge on any atom is -0.383 e. The molecule has 0 saturated carbocycles. The van der Waals surface area contributed by atoms with Crippen molar-refractivity contribution in [2.24, 2.45) is 0 Å². The van der Waals surface area contributed by atoms with Gasteiger partial charge in [-0.15, -0.1) is 11.3 Å². The van der Waals surface area contributed by atoms with Gasteiger partial charge in [0.2, 0.25) is 0 Å². The highest BCUT2D eigenvalue weighted by atomic mass is 79.9. The molecular formula is C15H15BrOS. The van der Waals surface area contributed by atoms with Crippen LogP contribution in [0.15, 0.2) is 28.1 Å². The van der Waals surface area contributed by atoms with Crippen molar-refractivity contribution >= 4 is 27.3 Å². The van der Waals surface area contributed by atoms with E-state index in [2.05, 4.69) is 47.1 Å². The molecule has 3 rings (SSSR count). The minimum absolute atomic E-state index is 0.495. The molecule has 1 aliphatic carbocycles. The first-order valence-corrected chi connectivity index (χ1v) is 7.81. The second-order valence-electron chi connectivity index (χ2n) is 4.89. The van der Waals surface area contributed by atoms with E-state index in [1.54, 1.807) is 11.3 Å². The first-order chi connectivity index (χ1) is 8.65. The van der Waals surface area contributed by atoms with E-state index < -0.39 is 6.10 Å². The number of fused-ring (bicyclic) bond motifs is 1. The number of thiophene rings is 1. The van der Waals surface area contributed by atoms with E-state index >= 15 is 0 Å². The Morgan fingerprint density at radius 2 is 2.00 bits per heavy atom. The van der Waals surface area contributed by atoms with Crippen LogP contribution in [0.4, 0.5) is 0 Å². The molecule has 1 heterocycles. The predicted molar refractivity (Wildman–Crippen MR) is 79.3 cm³/mol. The summed E-state index contributed by atoms with van der Waals surface area (Å²) >= 11 is 5.13. The van der Waals surface area contributed by atoms with E-state index in [9.17, 15) is 5.11 Å². The third kappa shape index (κ3) is 2.15. The van der Waals surface area contributed by atoms with Crippen LogP contribution in [0.2, 0.25) is 0 Å². The summed E-state index contributed by atoms with van der Waals surface area (Å²) in [6, 6.07) is 8.48. The SMILES string of the molecule is Cc1cc(C(O)c2ccc3c(c2)CCC3)sc1Br. The van der Waals surface area contributed by atoms with Crippen molar-refractivity contribution in [2.45, 2.75) is 32.3 Å². The zero-order valence-electron chi connectivity index (χ0n) is 10.2. The Bertz CT molecular complexity index is 569. The number of rotatable bonds is 2. The maximum Gasteiger partial charge on any atom is 0.113 e. The second-order valence-corrected chi connectivity index (χ2v) is 7.29. The molecule has 1 unspecified atom stereocenters. The van der Waals surface area contributed by atoms with Gasteiger partial charge in [0.1, 0.15) is 6.10 Å². The smallest absolute Gasteiger partial charge is 0.113 e. The Labute approximate surface area is 120 Å². The van der Waals surface area contributed by atoms with Gasteiger partial charge in [-0.05, 0) is 70.4 Å². The van der Waals surface area contributed by atoms with Gasteiger partial charge in [-0.1, -0.05) is 18.2 Å². The van der Waals surface area contributed by atoms with Crippen LogP contribution >= 0.6 is 27.3 Å². The van der Waals surface area contributed by atoms with Gasteiger partial charge in [-0.2, -0.15) is 0 Å². The molecule has 0 radical (unpaired) electrons. The Kier molecular flexibility index (Phi) is 3.31. The number of aliphatic hydroxyl groups excluding tert-OH is 1. The first kappa shape index (κ1) is 12.4. The highest BCUT2D eigenvalue weighted by Gasteiger charge is 2.17. The van der Waals surface area contributed by atoms with Crippen molar-refractivity contribution in [2.75, 3.05) is 0 Å². The van der Waals surface area contributed by atoms with E-state index in [1.807, 2.05) is 0 Å². The maximum atomic E-state index is 10.5. The molecule has 1 atom stereocenters. The lowest BCUT2D eigenvalue weighted by atomic mass is 10.0. The summed E-state index contributed by atoms with van der Waals surface area (Å²) in [6.07, 6.45) is 3.10. The number of halogens is 1. The highest BCUT2D eigenvalue weighted by Crippen LogP contribution is 2.35. The fraction of sp³-hybridized carbons (Fsp3) is 0.333. The Morgan fingerprint density at radius 1 is 1.22 bits per heavy atom. The molecule has 1 N–H and O–H groups in total. The second kappa shape index (κ2) is 4.80. The van der Waals surface area contributed by atoms with Gasteiger partial charge in [0, 0.05) is 4.88 Å². The lowest BCUT2D eigenvalue weighted by Gasteiger charge is -2.10. The molecule has 1 aromatic heterocycles. The Morgan fingerprint density at radius 3 is 2.72 bits per heavy atom. The zero-order chi connectivity index (χ0) is 12.7. The van der Waals surface area contributed by atoms with Gasteiger partial charge in [-0.3, -0.25) is 0 Å². The molecule has 0 saturated heterocycles. The average Bonchev–Trinajstić information content (AvgIpc) is 2.95. The lowest BCUT2D eigenvalue weighted by Crippen LogP contribution is -1.98. The van der Waals surface area contributed by atoms with Gasteiger partial charge in [0.25, 0.3) is 0 Å². The molecule has 18 heavy (non-hydrogen) atoms. The van der Waals surface area contributed by atoms with Gasteiger partial charge < -0.3 is 5.11 Å². The summed E-state index contributed by atoms with van der Waals surface area (Å²) in [5.41, 5.74) is 5.08. The summed E-state index contributed by atoms with van der Waals surface area (Å²) < 4.78 is 1.11. The van der Waals surface area contributed by atoms with Crippen molar-refractivity contribution in [1.82, 2.24) is 0 Å². The largest absolute Gasteiger partial charge is 0.383 e. The fourth-order valence-corrected chi connectivity index (χ4v) is 4.13. The molecule has 0 spiro atoms. The molecule has 0 amide bonds. The van der Waals surface area contributed by atoms with Crippen molar-refractivity contribution in [3.8, 4) is 0 Å². The normalized spacial score (nSPS) is 15.7. The fourth-order valence-electron chi connectivity index (χ4n) is 2.54. The summed E-state index contributed by atoms with van der Waals surface area (Å²) in [6.45, 7) is 2.06. The zero-order valence-corrected chi connectivity index (χ0v) is 12.6. The molecule has 1 aromatic carbocycles. The molecule has 3 heteroatoms. The van der Waals surface area contributed by atoms with E-state index in [4.69, 9.17) is 0 Å². The number of aryl methyl sites for hydroxylation is 3. The monoisotopic (exact) mass is 322 g/mol. The molecule has 1 nitrogen and oxygen atoms in total. The molecule has 2 aromatic rings. The van der Waals surface area contributed by atoms with Gasteiger partial charge in [0.05, 0.1) is 3.79 Å². The van der Waals surface area contributed by atoms with Crippen molar-refractivity contribution in [3.63, 3.8) is 0 Å². The highest BCUT2D eigenvalue weighted by molar-refractivity contribution is 9.11. The topological polar surface area (TPSA) is 20.2 Å². The minimum atomic E-state index is -0.495. The van der Waals surface area contributed by atoms with Crippen LogP contribution in [0.5, 0.6) is 0 Å². The Balaban J connectivity index is 1.94. The molecular weight excluding hydrogens is 308 g/mol. The summed E-state index contributed by atoms with van der Waals surface area (Å²) in [4.78, 5) is 1.01. The summed E-state index contributed by atoms with van der Waals surface area (Å²) in [5, 5.41) is 10.5. The number of hydrogen-bond acceptors (Lipinski definition) is 2. The van der Waals surface area contributed by atoms with Crippen LogP contribution in [-0.4, -0.2) is 5.11 Å². The molecule has 1 aliphatic rings. The number of hydrogen-bond donors (Lipinski definition) is 1. The van der Waals surface area contributed by atoms with Crippen LogP contribution in [0.3, 0.4) is 0 Å². The number of aliphatic hydroxyl groups is 1. The van der Waals surface area contributed by atoms with E-state index in [0.717, 1.165) is 20.6 Å². The summed E-state index contributed by atoms with van der Waals surface area (Å²) in [5.74, 6) is 0. The molecule has 94 valence electrons. The molecule has 0 bridgehead atoms. The van der Waals surface area contributed by atoms with Crippen LogP contribution < -0.4 is 0 Å². The van der Waals surface area contributed by atoms with Crippen molar-refractivity contribution in [3.05, 3.63) is 55.2 Å².